The first kappa shape index (κ1) is 13.8. The standard InChI is InChI=1S/C14H20ClNO2/c1-10(12-5-3-4-6-13(12)15)16-9-14(17)7-8-18-11(14)2/h3-6,10-11,16-17H,7-9H2,1-2H3. The maximum absolute atomic E-state index is 10.4. The number of benzene rings is 1. The number of ether oxygens (including phenoxy) is 1. The minimum absolute atomic E-state index is 0.107. The molecule has 1 aliphatic rings. The molecule has 4 heteroatoms. The molecule has 1 fully saturated rings. The van der Waals surface area contributed by atoms with Gasteiger partial charge in [0.2, 0.25) is 0 Å². The minimum atomic E-state index is -0.768. The molecule has 1 aliphatic heterocycles. The lowest BCUT2D eigenvalue weighted by Gasteiger charge is -2.28. The van der Waals surface area contributed by atoms with Crippen molar-refractivity contribution < 1.29 is 9.84 Å². The molecule has 1 aromatic carbocycles. The maximum atomic E-state index is 10.4. The molecule has 0 aromatic heterocycles. The summed E-state index contributed by atoms with van der Waals surface area (Å²) in [5.74, 6) is 0. The van der Waals surface area contributed by atoms with Gasteiger partial charge in [0.15, 0.2) is 0 Å². The van der Waals surface area contributed by atoms with Crippen LogP contribution in [0, 0.1) is 0 Å². The van der Waals surface area contributed by atoms with Gasteiger partial charge in [-0.25, -0.2) is 0 Å². The van der Waals surface area contributed by atoms with E-state index in [1.165, 1.54) is 0 Å². The van der Waals surface area contributed by atoms with E-state index in [-0.39, 0.29) is 12.1 Å². The van der Waals surface area contributed by atoms with Crippen molar-refractivity contribution in [1.82, 2.24) is 5.32 Å². The molecule has 1 aromatic rings. The van der Waals surface area contributed by atoms with Gasteiger partial charge in [0.05, 0.1) is 6.10 Å². The number of hydrogen-bond donors (Lipinski definition) is 2. The Morgan fingerprint density at radius 3 is 2.89 bits per heavy atom. The van der Waals surface area contributed by atoms with Crippen LogP contribution < -0.4 is 5.32 Å². The van der Waals surface area contributed by atoms with Crippen LogP contribution in [0.4, 0.5) is 0 Å². The lowest BCUT2D eigenvalue weighted by Crippen LogP contribution is -2.46. The summed E-state index contributed by atoms with van der Waals surface area (Å²) in [7, 11) is 0. The van der Waals surface area contributed by atoms with E-state index < -0.39 is 5.60 Å². The van der Waals surface area contributed by atoms with Gasteiger partial charge in [-0.1, -0.05) is 29.8 Å². The molecular weight excluding hydrogens is 250 g/mol. The van der Waals surface area contributed by atoms with Crippen LogP contribution >= 0.6 is 11.6 Å². The highest BCUT2D eigenvalue weighted by molar-refractivity contribution is 6.31. The molecule has 2 N–H and O–H groups in total. The van der Waals surface area contributed by atoms with Crippen LogP contribution in [0.1, 0.15) is 31.9 Å². The smallest absolute Gasteiger partial charge is 0.105 e. The minimum Gasteiger partial charge on any atom is -0.386 e. The van der Waals surface area contributed by atoms with E-state index in [0.717, 1.165) is 10.6 Å². The van der Waals surface area contributed by atoms with Crippen LogP contribution in [0.2, 0.25) is 5.02 Å². The molecule has 18 heavy (non-hydrogen) atoms. The highest BCUT2D eigenvalue weighted by atomic mass is 35.5. The van der Waals surface area contributed by atoms with Crippen molar-refractivity contribution in [2.24, 2.45) is 0 Å². The number of halogens is 1. The summed E-state index contributed by atoms with van der Waals surface area (Å²) in [6.07, 6.45) is 0.555. The van der Waals surface area contributed by atoms with Crippen molar-refractivity contribution in [3.63, 3.8) is 0 Å². The van der Waals surface area contributed by atoms with Gasteiger partial charge in [0.1, 0.15) is 5.60 Å². The second kappa shape index (κ2) is 5.57. The predicted octanol–water partition coefficient (Wildman–Crippen LogP) is 2.53. The summed E-state index contributed by atoms with van der Waals surface area (Å²) in [4.78, 5) is 0. The van der Waals surface area contributed by atoms with Gasteiger partial charge in [0, 0.05) is 30.6 Å². The van der Waals surface area contributed by atoms with Gasteiger partial charge in [-0.3, -0.25) is 0 Å². The van der Waals surface area contributed by atoms with Crippen molar-refractivity contribution in [1.29, 1.82) is 0 Å². The molecular formula is C14H20ClNO2. The second-order valence-corrected chi connectivity index (χ2v) is 5.40. The Bertz CT molecular complexity index is 413. The highest BCUT2D eigenvalue weighted by Gasteiger charge is 2.39. The van der Waals surface area contributed by atoms with Crippen molar-refractivity contribution in [2.45, 2.75) is 38.0 Å². The molecule has 0 bridgehead atoms. The fourth-order valence-corrected chi connectivity index (χ4v) is 2.57. The van der Waals surface area contributed by atoms with E-state index in [0.29, 0.717) is 19.6 Å². The largest absolute Gasteiger partial charge is 0.386 e. The van der Waals surface area contributed by atoms with Crippen LogP contribution in [-0.4, -0.2) is 30.0 Å². The molecule has 3 nitrogen and oxygen atoms in total. The summed E-state index contributed by atoms with van der Waals surface area (Å²) in [6.45, 7) is 5.10. The van der Waals surface area contributed by atoms with E-state index in [4.69, 9.17) is 16.3 Å². The lowest BCUT2D eigenvalue weighted by molar-refractivity contribution is -0.0274. The van der Waals surface area contributed by atoms with E-state index in [1.807, 2.05) is 38.1 Å². The topological polar surface area (TPSA) is 41.5 Å². The van der Waals surface area contributed by atoms with E-state index in [9.17, 15) is 5.11 Å². The second-order valence-electron chi connectivity index (χ2n) is 4.99. The van der Waals surface area contributed by atoms with Gasteiger partial charge in [-0.05, 0) is 25.5 Å². The van der Waals surface area contributed by atoms with Crippen LogP contribution in [0.15, 0.2) is 24.3 Å². The van der Waals surface area contributed by atoms with Crippen molar-refractivity contribution >= 4 is 11.6 Å². The number of hydrogen-bond acceptors (Lipinski definition) is 3. The summed E-state index contributed by atoms with van der Waals surface area (Å²) in [5, 5.41) is 14.5. The quantitative estimate of drug-likeness (QED) is 0.883. The third-order valence-corrected chi connectivity index (χ3v) is 4.09. The van der Waals surface area contributed by atoms with Gasteiger partial charge < -0.3 is 15.2 Å². The Hall–Kier alpha value is -0.610. The molecule has 0 aliphatic carbocycles. The number of nitrogens with one attached hydrogen (secondary N) is 1. The SMILES string of the molecule is CC(NCC1(O)CCOC1C)c1ccccc1Cl. The zero-order valence-corrected chi connectivity index (χ0v) is 11.6. The van der Waals surface area contributed by atoms with Crippen LogP contribution in [0.3, 0.4) is 0 Å². The maximum Gasteiger partial charge on any atom is 0.105 e. The van der Waals surface area contributed by atoms with Gasteiger partial charge >= 0.3 is 0 Å². The first-order valence-electron chi connectivity index (χ1n) is 6.35. The van der Waals surface area contributed by atoms with Gasteiger partial charge in [-0.2, -0.15) is 0 Å². The molecule has 3 unspecified atom stereocenters. The Morgan fingerprint density at radius 1 is 1.56 bits per heavy atom. The van der Waals surface area contributed by atoms with Crippen LogP contribution in [-0.2, 0) is 4.74 Å². The summed E-state index contributed by atoms with van der Waals surface area (Å²) >= 11 is 6.15. The van der Waals surface area contributed by atoms with Crippen molar-refractivity contribution in [3.8, 4) is 0 Å². The normalized spacial score (nSPS) is 29.4. The average molecular weight is 270 g/mol. The molecule has 2 rings (SSSR count). The first-order valence-corrected chi connectivity index (χ1v) is 6.72. The predicted molar refractivity (Wildman–Crippen MR) is 72.9 cm³/mol. The van der Waals surface area contributed by atoms with E-state index >= 15 is 0 Å². The first-order chi connectivity index (χ1) is 8.53. The molecule has 1 saturated heterocycles. The van der Waals surface area contributed by atoms with Gasteiger partial charge in [0.25, 0.3) is 0 Å². The monoisotopic (exact) mass is 269 g/mol. The molecule has 0 radical (unpaired) electrons. The fourth-order valence-electron chi connectivity index (χ4n) is 2.27. The average Bonchev–Trinajstić information content (AvgIpc) is 2.68. The Labute approximate surface area is 113 Å². The summed E-state index contributed by atoms with van der Waals surface area (Å²) in [5.41, 5.74) is 0.282. The van der Waals surface area contributed by atoms with Crippen LogP contribution in [0.5, 0.6) is 0 Å². The molecule has 0 amide bonds. The highest BCUT2D eigenvalue weighted by Crippen LogP contribution is 2.27. The third kappa shape index (κ3) is 2.86. The number of aliphatic hydroxyl groups is 1. The fraction of sp³-hybridized carbons (Fsp3) is 0.571. The Kier molecular flexibility index (Phi) is 4.28. The van der Waals surface area contributed by atoms with Crippen molar-refractivity contribution in [2.75, 3.05) is 13.2 Å². The molecule has 0 saturated carbocycles. The molecule has 0 spiro atoms. The number of rotatable bonds is 4. The molecule has 3 atom stereocenters. The molecule has 100 valence electrons. The Balaban J connectivity index is 1.96. The summed E-state index contributed by atoms with van der Waals surface area (Å²) < 4.78 is 5.41. The zero-order chi connectivity index (χ0) is 13.2. The van der Waals surface area contributed by atoms with Crippen molar-refractivity contribution in [3.05, 3.63) is 34.9 Å². The third-order valence-electron chi connectivity index (χ3n) is 3.75. The van der Waals surface area contributed by atoms with E-state index in [2.05, 4.69) is 5.32 Å². The van der Waals surface area contributed by atoms with Crippen LogP contribution in [0.25, 0.3) is 0 Å². The zero-order valence-electron chi connectivity index (χ0n) is 10.8. The lowest BCUT2D eigenvalue weighted by atomic mass is 9.96. The Morgan fingerprint density at radius 2 is 2.28 bits per heavy atom. The van der Waals surface area contributed by atoms with Gasteiger partial charge in [-0.15, -0.1) is 0 Å². The van der Waals surface area contributed by atoms with E-state index in [1.54, 1.807) is 0 Å². The molecule has 1 heterocycles. The summed E-state index contributed by atoms with van der Waals surface area (Å²) in [6, 6.07) is 7.87.